The number of hydrazine groups is 1. The zero-order valence-electron chi connectivity index (χ0n) is 15.2. The summed E-state index contributed by atoms with van der Waals surface area (Å²) in [5.74, 6) is -0.923. The highest BCUT2D eigenvalue weighted by molar-refractivity contribution is 9.10. The minimum atomic E-state index is -0.563. The van der Waals surface area contributed by atoms with Gasteiger partial charge >= 0.3 is 6.09 Å². The van der Waals surface area contributed by atoms with Crippen molar-refractivity contribution < 1.29 is 19.1 Å². The Hall–Kier alpha value is -2.81. The Bertz CT molecular complexity index is 825. The van der Waals surface area contributed by atoms with Crippen LogP contribution >= 0.6 is 15.9 Å². The van der Waals surface area contributed by atoms with E-state index >= 15 is 0 Å². The summed E-state index contributed by atoms with van der Waals surface area (Å²) in [5, 5.41) is 2.64. The minimum Gasteiger partial charge on any atom is -0.444 e. The third-order valence-electron chi connectivity index (χ3n) is 3.23. The second-order valence-electron chi connectivity index (χ2n) is 6.69. The number of benzene rings is 1. The molecule has 3 amide bonds. The van der Waals surface area contributed by atoms with Crippen LogP contribution in [0.5, 0.6) is 0 Å². The number of halogens is 1. The van der Waals surface area contributed by atoms with Crippen LogP contribution in [-0.2, 0) is 11.3 Å². The number of alkyl carbamates (subject to hydrolysis) is 1. The van der Waals surface area contributed by atoms with Crippen molar-refractivity contribution in [2.24, 2.45) is 0 Å². The number of carbonyl (C=O) groups excluding carboxylic acids is 3. The van der Waals surface area contributed by atoms with Gasteiger partial charge in [-0.25, -0.2) is 4.79 Å². The molecule has 0 fully saturated rings. The predicted molar refractivity (Wildman–Crippen MR) is 103 cm³/mol. The van der Waals surface area contributed by atoms with Crippen LogP contribution in [0.2, 0.25) is 0 Å². The van der Waals surface area contributed by atoms with E-state index in [4.69, 9.17) is 4.74 Å². The van der Waals surface area contributed by atoms with E-state index < -0.39 is 23.5 Å². The van der Waals surface area contributed by atoms with Crippen LogP contribution < -0.4 is 16.2 Å². The molecule has 0 atom stereocenters. The van der Waals surface area contributed by atoms with Gasteiger partial charge in [-0.1, -0.05) is 12.1 Å². The van der Waals surface area contributed by atoms with Crippen LogP contribution in [0.25, 0.3) is 0 Å². The van der Waals surface area contributed by atoms with E-state index in [-0.39, 0.29) is 6.54 Å². The molecule has 1 heterocycles. The fourth-order valence-corrected chi connectivity index (χ4v) is 2.36. The lowest BCUT2D eigenvalue weighted by Gasteiger charge is -2.19. The molecule has 0 saturated heterocycles. The first kappa shape index (κ1) is 20.5. The molecular formula is C18H21BrN4O4. The fraction of sp³-hybridized carbons (Fsp3) is 0.278. The molecule has 27 heavy (non-hydrogen) atoms. The molecule has 0 aliphatic heterocycles. The van der Waals surface area contributed by atoms with Gasteiger partial charge in [-0.2, -0.15) is 0 Å². The molecular weight excluding hydrogens is 416 g/mol. The van der Waals surface area contributed by atoms with Crippen molar-refractivity contribution in [1.29, 1.82) is 0 Å². The maximum atomic E-state index is 12.1. The highest BCUT2D eigenvalue weighted by Crippen LogP contribution is 2.10. The Balaban J connectivity index is 1.82. The van der Waals surface area contributed by atoms with Crippen molar-refractivity contribution >= 4 is 33.8 Å². The van der Waals surface area contributed by atoms with Crippen LogP contribution in [0.1, 0.15) is 47.2 Å². The van der Waals surface area contributed by atoms with Gasteiger partial charge in [0.1, 0.15) is 11.3 Å². The maximum Gasteiger partial charge on any atom is 0.407 e. The molecule has 4 N–H and O–H groups in total. The fourth-order valence-electron chi connectivity index (χ4n) is 2.01. The molecule has 0 unspecified atom stereocenters. The van der Waals surface area contributed by atoms with Crippen LogP contribution in [-0.4, -0.2) is 28.5 Å². The first-order chi connectivity index (χ1) is 12.6. The summed E-state index contributed by atoms with van der Waals surface area (Å²) in [6.07, 6.45) is 1.10. The molecule has 9 heteroatoms. The molecule has 0 aliphatic rings. The topological polar surface area (TPSA) is 112 Å². The Morgan fingerprint density at radius 2 is 1.70 bits per heavy atom. The number of aromatic nitrogens is 1. The molecule has 1 aromatic carbocycles. The summed E-state index contributed by atoms with van der Waals surface area (Å²) in [6.45, 7) is 5.63. The van der Waals surface area contributed by atoms with E-state index in [1.807, 2.05) is 0 Å². The molecule has 2 rings (SSSR count). The molecule has 0 bridgehead atoms. The predicted octanol–water partition coefficient (Wildman–Crippen LogP) is 2.88. The Kier molecular flexibility index (Phi) is 6.62. The Morgan fingerprint density at radius 3 is 2.26 bits per heavy atom. The second-order valence-corrected chi connectivity index (χ2v) is 7.61. The van der Waals surface area contributed by atoms with Gasteiger partial charge in [0.25, 0.3) is 11.8 Å². The van der Waals surface area contributed by atoms with E-state index in [1.165, 1.54) is 0 Å². The van der Waals surface area contributed by atoms with Gasteiger partial charge in [-0.3, -0.25) is 20.4 Å². The molecule has 8 nitrogen and oxygen atoms in total. The largest absolute Gasteiger partial charge is 0.444 e. The van der Waals surface area contributed by atoms with E-state index in [0.29, 0.717) is 11.3 Å². The lowest BCUT2D eigenvalue weighted by Crippen LogP contribution is -2.41. The van der Waals surface area contributed by atoms with Crippen LogP contribution in [0, 0.1) is 0 Å². The van der Waals surface area contributed by atoms with Gasteiger partial charge in [0.05, 0.1) is 0 Å². The summed E-state index contributed by atoms with van der Waals surface area (Å²) in [4.78, 5) is 38.3. The summed E-state index contributed by atoms with van der Waals surface area (Å²) in [5.41, 5.74) is 5.58. The summed E-state index contributed by atoms with van der Waals surface area (Å²) in [7, 11) is 0. The normalized spacial score (nSPS) is 10.8. The molecule has 0 aliphatic carbocycles. The van der Waals surface area contributed by atoms with Gasteiger partial charge in [-0.05, 0) is 60.5 Å². The zero-order valence-corrected chi connectivity index (χ0v) is 16.8. The molecule has 0 radical (unpaired) electrons. The van der Waals surface area contributed by atoms with Crippen LogP contribution in [0.3, 0.4) is 0 Å². The summed E-state index contributed by atoms with van der Waals surface area (Å²) >= 11 is 3.23. The third-order valence-corrected chi connectivity index (χ3v) is 3.69. The van der Waals surface area contributed by atoms with Gasteiger partial charge in [0.15, 0.2) is 0 Å². The van der Waals surface area contributed by atoms with E-state index in [9.17, 15) is 14.4 Å². The number of ether oxygens (including phenoxy) is 1. The molecule has 0 spiro atoms. The monoisotopic (exact) mass is 436 g/mol. The second kappa shape index (κ2) is 8.72. The zero-order chi connectivity index (χ0) is 20.0. The maximum absolute atomic E-state index is 12.1. The summed E-state index contributed by atoms with van der Waals surface area (Å²) in [6, 6.07) is 8.19. The molecule has 2 aromatic rings. The van der Waals surface area contributed by atoms with Crippen LogP contribution in [0.4, 0.5) is 4.79 Å². The highest BCUT2D eigenvalue weighted by Gasteiger charge is 2.16. The van der Waals surface area contributed by atoms with Gasteiger partial charge < -0.3 is 15.0 Å². The standard InChI is InChI=1S/C18H21BrN4O4/c1-18(2,3)27-17(26)21-9-11-4-6-12(7-5-11)15(24)22-23-16(25)14-8-13(19)10-20-14/h4-8,10,20H,9H2,1-3H3,(H,21,26)(H,22,24)(H,23,25). The number of H-pyrrole nitrogens is 1. The number of nitrogens with one attached hydrogen (secondary N) is 4. The number of hydrogen-bond donors (Lipinski definition) is 4. The lowest BCUT2D eigenvalue weighted by molar-refractivity contribution is 0.0523. The minimum absolute atomic E-state index is 0.273. The van der Waals surface area contributed by atoms with Crippen LogP contribution in [0.15, 0.2) is 41.0 Å². The molecule has 144 valence electrons. The number of amides is 3. The Labute approximate surface area is 165 Å². The number of carbonyl (C=O) groups is 3. The lowest BCUT2D eigenvalue weighted by atomic mass is 10.1. The molecule has 1 aromatic heterocycles. The van der Waals surface area contributed by atoms with Gasteiger partial charge in [-0.15, -0.1) is 0 Å². The van der Waals surface area contributed by atoms with Crippen molar-refractivity contribution in [1.82, 2.24) is 21.2 Å². The summed E-state index contributed by atoms with van der Waals surface area (Å²) < 4.78 is 5.88. The van der Waals surface area contributed by atoms with Crippen molar-refractivity contribution in [3.8, 4) is 0 Å². The first-order valence-electron chi connectivity index (χ1n) is 8.14. The van der Waals surface area contributed by atoms with E-state index in [2.05, 4.69) is 37.1 Å². The van der Waals surface area contributed by atoms with Gasteiger partial charge in [0.2, 0.25) is 0 Å². The van der Waals surface area contributed by atoms with Gasteiger partial charge in [0, 0.05) is 22.8 Å². The third kappa shape index (κ3) is 6.78. The average Bonchev–Trinajstić information content (AvgIpc) is 3.03. The molecule has 0 saturated carbocycles. The first-order valence-corrected chi connectivity index (χ1v) is 8.94. The van der Waals surface area contributed by atoms with Crippen molar-refractivity contribution in [2.75, 3.05) is 0 Å². The quantitative estimate of drug-likeness (QED) is 0.551. The SMILES string of the molecule is CC(C)(C)OC(=O)NCc1ccc(C(=O)NNC(=O)c2cc(Br)c[nH]2)cc1. The van der Waals surface area contributed by atoms with E-state index in [1.54, 1.807) is 57.3 Å². The van der Waals surface area contributed by atoms with Crippen molar-refractivity contribution in [3.63, 3.8) is 0 Å². The van der Waals surface area contributed by atoms with Crippen molar-refractivity contribution in [3.05, 3.63) is 57.8 Å². The van der Waals surface area contributed by atoms with E-state index in [0.717, 1.165) is 10.0 Å². The van der Waals surface area contributed by atoms with Crippen molar-refractivity contribution in [2.45, 2.75) is 32.9 Å². The number of rotatable bonds is 4. The smallest absolute Gasteiger partial charge is 0.407 e. The number of aromatic amines is 1. The number of hydrogen-bond acceptors (Lipinski definition) is 4. The average molecular weight is 437 g/mol. The highest BCUT2D eigenvalue weighted by atomic mass is 79.9. The Morgan fingerprint density at radius 1 is 1.07 bits per heavy atom.